The third kappa shape index (κ3) is 11.2. The van der Waals surface area contributed by atoms with Crippen LogP contribution in [0.4, 0.5) is 0 Å². The largest absolute Gasteiger partial charge is 0.508 e. The summed E-state index contributed by atoms with van der Waals surface area (Å²) in [4.78, 5) is 12.7. The molecule has 5 aromatic rings. The molecule has 1 N–H and O–H groups in total. The van der Waals surface area contributed by atoms with Crippen LogP contribution in [-0.2, 0) is 59.6 Å². The molecule has 0 bridgehead atoms. The van der Waals surface area contributed by atoms with Gasteiger partial charge in [-0.25, -0.2) is 4.79 Å². The Labute approximate surface area is 311 Å². The number of benzene rings is 5. The van der Waals surface area contributed by atoms with Gasteiger partial charge in [0.05, 0.1) is 46.2 Å². The fraction of sp³-hybridized carbons (Fsp3) is 0.267. The van der Waals surface area contributed by atoms with E-state index in [-0.39, 0.29) is 18.8 Å². The molecule has 0 amide bonds. The number of carbonyl (C=O) groups is 1. The summed E-state index contributed by atoms with van der Waals surface area (Å²) in [7, 11) is 1.35. The number of hydrogen-bond donors (Lipinski definition) is 1. The van der Waals surface area contributed by atoms with Gasteiger partial charge in [-0.3, -0.25) is 0 Å². The zero-order valence-electron chi connectivity index (χ0n) is 29.9. The minimum absolute atomic E-state index is 0.118. The van der Waals surface area contributed by atoms with Gasteiger partial charge in [0.2, 0.25) is 0 Å². The number of phenols is 1. The van der Waals surface area contributed by atoms with Crippen LogP contribution in [0.5, 0.6) is 5.75 Å². The van der Waals surface area contributed by atoms with Crippen molar-refractivity contribution in [1.29, 1.82) is 0 Å². The molecule has 8 nitrogen and oxygen atoms in total. The highest BCUT2D eigenvalue weighted by Gasteiger charge is 2.48. The number of rotatable bonds is 17. The van der Waals surface area contributed by atoms with Crippen molar-refractivity contribution in [2.45, 2.75) is 63.4 Å². The first-order valence-electron chi connectivity index (χ1n) is 17.9. The third-order valence-electron chi connectivity index (χ3n) is 9.13. The van der Waals surface area contributed by atoms with Gasteiger partial charge in [-0.15, -0.1) is 0 Å². The van der Waals surface area contributed by atoms with Crippen LogP contribution in [0.15, 0.2) is 152 Å². The lowest BCUT2D eigenvalue weighted by Gasteiger charge is -2.46. The molecule has 0 radical (unpaired) electrons. The number of esters is 1. The van der Waals surface area contributed by atoms with Crippen molar-refractivity contribution in [2.24, 2.45) is 0 Å². The van der Waals surface area contributed by atoms with Crippen LogP contribution < -0.4 is 0 Å². The lowest BCUT2D eigenvalue weighted by molar-refractivity contribution is -0.271. The monoisotopic (exact) mass is 714 g/mol. The Morgan fingerprint density at radius 1 is 0.585 bits per heavy atom. The van der Waals surface area contributed by atoms with E-state index in [0.717, 1.165) is 27.8 Å². The van der Waals surface area contributed by atoms with Crippen LogP contribution in [0.1, 0.15) is 34.2 Å². The van der Waals surface area contributed by atoms with E-state index >= 15 is 0 Å². The number of phenolic OH excluding ortho intramolecular Hbond substituents is 1. The molecule has 5 atom stereocenters. The maximum Gasteiger partial charge on any atom is 0.330 e. The second kappa shape index (κ2) is 19.7. The van der Waals surface area contributed by atoms with Crippen molar-refractivity contribution in [3.8, 4) is 5.75 Å². The van der Waals surface area contributed by atoms with Crippen molar-refractivity contribution in [2.75, 3.05) is 13.7 Å². The first kappa shape index (κ1) is 37.7. The third-order valence-corrected chi connectivity index (χ3v) is 9.13. The molecule has 0 spiro atoms. The molecule has 8 heteroatoms. The average Bonchev–Trinajstić information content (AvgIpc) is 3.20. The summed E-state index contributed by atoms with van der Waals surface area (Å²) < 4.78 is 38.9. The Hall–Kier alpha value is -5.09. The molecule has 274 valence electrons. The molecule has 1 fully saturated rings. The molecule has 0 aliphatic carbocycles. The van der Waals surface area contributed by atoms with E-state index in [0.29, 0.717) is 32.0 Å². The summed E-state index contributed by atoms with van der Waals surface area (Å²) >= 11 is 0. The Bertz CT molecular complexity index is 1830. The molecule has 6 rings (SSSR count). The Morgan fingerprint density at radius 3 is 1.49 bits per heavy atom. The molecule has 0 aromatic heterocycles. The van der Waals surface area contributed by atoms with Gasteiger partial charge in [-0.05, 0) is 45.5 Å². The van der Waals surface area contributed by atoms with E-state index in [4.69, 9.17) is 28.4 Å². The summed E-state index contributed by atoms with van der Waals surface area (Å²) in [6, 6.07) is 46.7. The molecule has 0 saturated carbocycles. The van der Waals surface area contributed by atoms with Crippen molar-refractivity contribution in [3.05, 3.63) is 179 Å². The summed E-state index contributed by atoms with van der Waals surface area (Å²) in [6.07, 6.45) is -1.27. The lowest BCUT2D eigenvalue weighted by Crippen LogP contribution is -2.61. The number of ether oxygens (including phenoxy) is 6. The second-order valence-corrected chi connectivity index (χ2v) is 12.9. The van der Waals surface area contributed by atoms with Gasteiger partial charge in [0, 0.05) is 12.5 Å². The van der Waals surface area contributed by atoms with Crippen molar-refractivity contribution >= 4 is 11.5 Å². The van der Waals surface area contributed by atoms with Crippen LogP contribution in [0.2, 0.25) is 0 Å². The van der Waals surface area contributed by atoms with E-state index < -0.39 is 36.5 Å². The van der Waals surface area contributed by atoms with Crippen LogP contribution in [0.3, 0.4) is 0 Å². The highest BCUT2D eigenvalue weighted by atomic mass is 16.6. The van der Waals surface area contributed by atoms with Gasteiger partial charge in [-0.2, -0.15) is 0 Å². The number of aromatic hydroxyl groups is 1. The number of methoxy groups -OCH3 is 1. The summed E-state index contributed by atoms with van der Waals surface area (Å²) in [5.41, 5.74) is 5.44. The Balaban J connectivity index is 1.38. The predicted molar refractivity (Wildman–Crippen MR) is 203 cm³/mol. The van der Waals surface area contributed by atoms with Gasteiger partial charge < -0.3 is 33.5 Å². The van der Waals surface area contributed by atoms with E-state index in [1.807, 2.05) is 121 Å². The van der Waals surface area contributed by atoms with E-state index in [9.17, 15) is 9.90 Å². The Morgan fingerprint density at radius 2 is 1.02 bits per heavy atom. The highest BCUT2D eigenvalue weighted by Crippen LogP contribution is 2.36. The lowest BCUT2D eigenvalue weighted by atomic mass is 9.88. The molecule has 1 aliphatic rings. The van der Waals surface area contributed by atoms with Gasteiger partial charge in [0.25, 0.3) is 0 Å². The zero-order chi connectivity index (χ0) is 36.7. The minimum atomic E-state index is -0.636. The van der Waals surface area contributed by atoms with Crippen LogP contribution in [0, 0.1) is 0 Å². The van der Waals surface area contributed by atoms with Gasteiger partial charge in [-0.1, -0.05) is 133 Å². The molecule has 1 aliphatic heterocycles. The quantitative estimate of drug-likeness (QED) is 0.0764. The molecule has 0 unspecified atom stereocenters. The average molecular weight is 715 g/mol. The first-order valence-corrected chi connectivity index (χ1v) is 17.9. The fourth-order valence-corrected chi connectivity index (χ4v) is 6.40. The van der Waals surface area contributed by atoms with E-state index in [1.54, 1.807) is 24.3 Å². The van der Waals surface area contributed by atoms with Gasteiger partial charge in [0.15, 0.2) is 0 Å². The molecular weight excluding hydrogens is 668 g/mol. The van der Waals surface area contributed by atoms with Gasteiger partial charge >= 0.3 is 5.97 Å². The molecule has 1 heterocycles. The topological polar surface area (TPSA) is 92.7 Å². The number of hydrogen-bond acceptors (Lipinski definition) is 8. The predicted octanol–water partition coefficient (Wildman–Crippen LogP) is 8.08. The normalized spacial score (nSPS) is 20.2. The van der Waals surface area contributed by atoms with Crippen molar-refractivity contribution < 1.29 is 38.3 Å². The Kier molecular flexibility index (Phi) is 14.0. The summed E-state index contributed by atoms with van der Waals surface area (Å²) in [6.45, 7) is 1.55. The van der Waals surface area contributed by atoms with Crippen LogP contribution >= 0.6 is 0 Å². The SMILES string of the molecule is COC(=O)/C=C(\C[C@H]1O[C@H](COCc2ccccc2)[C@H](OCc2ccccc2)[C@H](OCc2ccccc2)[C@H]1OCc1ccccc1)c1ccc(O)cc1. The smallest absolute Gasteiger partial charge is 0.330 e. The molecular formula is C45H46O8. The summed E-state index contributed by atoms with van der Waals surface area (Å²) in [5, 5.41) is 10.1. The standard InChI is InChI=1S/C45H46O8/c1-48-42(47)27-38(37-22-24-39(46)25-23-37)26-40-43(50-29-34-16-8-3-9-17-34)45(52-31-36-20-12-5-13-21-36)44(51-30-35-18-10-4-11-19-35)41(53-40)32-49-28-33-14-6-2-7-15-33/h2-25,27,40-41,43-46H,26,28-32H2,1H3/b38-27+/t40-,41-,43+,44+,45-/m1/s1. The second-order valence-electron chi connectivity index (χ2n) is 12.9. The molecule has 1 saturated heterocycles. The van der Waals surface area contributed by atoms with Crippen molar-refractivity contribution in [3.63, 3.8) is 0 Å². The maximum atomic E-state index is 12.7. The maximum absolute atomic E-state index is 12.7. The van der Waals surface area contributed by atoms with Gasteiger partial charge in [0.1, 0.15) is 30.2 Å². The highest BCUT2D eigenvalue weighted by molar-refractivity contribution is 5.91. The molecule has 5 aromatic carbocycles. The minimum Gasteiger partial charge on any atom is -0.508 e. The van der Waals surface area contributed by atoms with E-state index in [1.165, 1.54) is 13.2 Å². The first-order chi connectivity index (χ1) is 26.1. The van der Waals surface area contributed by atoms with Crippen molar-refractivity contribution in [1.82, 2.24) is 0 Å². The molecule has 53 heavy (non-hydrogen) atoms. The van der Waals surface area contributed by atoms with Crippen LogP contribution in [0.25, 0.3) is 5.57 Å². The van der Waals surface area contributed by atoms with E-state index in [2.05, 4.69) is 0 Å². The zero-order valence-corrected chi connectivity index (χ0v) is 29.9. The van der Waals surface area contributed by atoms with Crippen LogP contribution in [-0.4, -0.2) is 55.3 Å². The summed E-state index contributed by atoms with van der Waals surface area (Å²) in [5.74, 6) is -0.387. The number of carbonyl (C=O) groups excluding carboxylic acids is 1. The fourth-order valence-electron chi connectivity index (χ4n) is 6.40.